The predicted octanol–water partition coefficient (Wildman–Crippen LogP) is 5.90. The van der Waals surface area contributed by atoms with Crippen LogP contribution in [-0.2, 0) is 11.3 Å². The number of halogens is 3. The van der Waals surface area contributed by atoms with Gasteiger partial charge in [0, 0.05) is 36.8 Å². The lowest BCUT2D eigenvalue weighted by molar-refractivity contribution is 0.122. The third kappa shape index (κ3) is 6.93. The average molecular weight is 666 g/mol. The Morgan fingerprint density at radius 2 is 1.61 bits per heavy atom. The molecule has 2 fully saturated rings. The predicted molar refractivity (Wildman–Crippen MR) is 158 cm³/mol. The minimum Gasteiger partial charge on any atom is -0.486 e. The van der Waals surface area contributed by atoms with Gasteiger partial charge in [-0.2, -0.15) is 20.1 Å². The topological polar surface area (TPSA) is 88.0 Å². The number of benzene rings is 2. The minimum atomic E-state index is 0.357. The zero-order valence-electron chi connectivity index (χ0n) is 20.7. The molecule has 2 aliphatic rings. The van der Waals surface area contributed by atoms with E-state index < -0.39 is 0 Å². The van der Waals surface area contributed by atoms with Crippen LogP contribution in [0.4, 0.5) is 17.8 Å². The van der Waals surface area contributed by atoms with Gasteiger partial charge in [-0.3, -0.25) is 0 Å². The van der Waals surface area contributed by atoms with Gasteiger partial charge in [-0.15, -0.1) is 0 Å². The Morgan fingerprint density at radius 3 is 2.29 bits per heavy atom. The SMILES string of the molecule is Clc1ccccc1COc1c(Br)cc(C=NNc2nc(N3CCCCC3)nc(N3CCOCC3)n2)cc1Br. The molecular weight excluding hydrogens is 638 g/mol. The summed E-state index contributed by atoms with van der Waals surface area (Å²) >= 11 is 13.5. The molecule has 12 heteroatoms. The molecule has 2 saturated heterocycles. The molecule has 9 nitrogen and oxygen atoms in total. The monoisotopic (exact) mass is 663 g/mol. The first-order valence-electron chi connectivity index (χ1n) is 12.5. The molecule has 200 valence electrons. The van der Waals surface area contributed by atoms with Gasteiger partial charge in [-0.1, -0.05) is 29.8 Å². The first-order valence-corrected chi connectivity index (χ1v) is 14.5. The number of ether oxygens (including phenoxy) is 2. The largest absolute Gasteiger partial charge is 0.486 e. The van der Waals surface area contributed by atoms with Gasteiger partial charge in [0.1, 0.15) is 12.4 Å². The molecule has 0 atom stereocenters. The summed E-state index contributed by atoms with van der Waals surface area (Å²) in [6.45, 7) is 5.07. The molecule has 0 bridgehead atoms. The molecular formula is C26H28Br2ClN7O2. The normalized spacial score (nSPS) is 16.2. The van der Waals surface area contributed by atoms with Crippen molar-refractivity contribution < 1.29 is 9.47 Å². The number of hydrogen-bond acceptors (Lipinski definition) is 9. The smallest absolute Gasteiger partial charge is 0.250 e. The van der Waals surface area contributed by atoms with Gasteiger partial charge in [-0.05, 0) is 74.9 Å². The standard InChI is InChI=1S/C26H28Br2ClN7O2/c27-20-14-18(15-21(28)23(20)38-17-19-6-2-3-7-22(19)29)16-30-34-24-31-25(35-8-4-1-5-9-35)33-26(32-24)36-10-12-37-13-11-36/h2-3,6-7,14-16H,1,4-5,8-13,17H2,(H,31,32,33,34). The van der Waals surface area contributed by atoms with Crippen molar-refractivity contribution in [2.75, 3.05) is 54.6 Å². The summed E-state index contributed by atoms with van der Waals surface area (Å²) in [6, 6.07) is 11.5. The van der Waals surface area contributed by atoms with E-state index in [1.54, 1.807) is 6.21 Å². The first-order chi connectivity index (χ1) is 18.6. The van der Waals surface area contributed by atoms with Crippen LogP contribution in [0.25, 0.3) is 0 Å². The number of nitrogens with one attached hydrogen (secondary N) is 1. The van der Waals surface area contributed by atoms with Crippen LogP contribution < -0.4 is 20.0 Å². The molecule has 0 radical (unpaired) electrons. The van der Waals surface area contributed by atoms with Crippen LogP contribution in [0.1, 0.15) is 30.4 Å². The highest BCUT2D eigenvalue weighted by molar-refractivity contribution is 9.11. The Kier molecular flexibility index (Phi) is 9.31. The van der Waals surface area contributed by atoms with E-state index in [0.29, 0.717) is 48.4 Å². The fourth-order valence-corrected chi connectivity index (χ4v) is 5.91. The van der Waals surface area contributed by atoms with Crippen molar-refractivity contribution in [1.82, 2.24) is 15.0 Å². The Labute approximate surface area is 243 Å². The lowest BCUT2D eigenvalue weighted by Gasteiger charge is -2.30. The zero-order chi connectivity index (χ0) is 26.3. The quantitative estimate of drug-likeness (QED) is 0.235. The van der Waals surface area contributed by atoms with Gasteiger partial charge in [0.2, 0.25) is 17.8 Å². The zero-order valence-corrected chi connectivity index (χ0v) is 24.7. The summed E-state index contributed by atoms with van der Waals surface area (Å²) in [7, 11) is 0. The summed E-state index contributed by atoms with van der Waals surface area (Å²) in [5, 5.41) is 5.09. The van der Waals surface area contributed by atoms with Crippen LogP contribution >= 0.6 is 43.5 Å². The van der Waals surface area contributed by atoms with Gasteiger partial charge in [0.25, 0.3) is 0 Å². The van der Waals surface area contributed by atoms with E-state index >= 15 is 0 Å². The highest BCUT2D eigenvalue weighted by Gasteiger charge is 2.20. The van der Waals surface area contributed by atoms with Crippen molar-refractivity contribution in [2.45, 2.75) is 25.9 Å². The van der Waals surface area contributed by atoms with E-state index in [4.69, 9.17) is 26.1 Å². The third-order valence-electron chi connectivity index (χ3n) is 6.27. The van der Waals surface area contributed by atoms with Crippen molar-refractivity contribution in [3.8, 4) is 5.75 Å². The summed E-state index contributed by atoms with van der Waals surface area (Å²) in [5.74, 6) is 2.43. The van der Waals surface area contributed by atoms with Crippen molar-refractivity contribution in [3.63, 3.8) is 0 Å². The fourth-order valence-electron chi connectivity index (χ4n) is 4.27. The van der Waals surface area contributed by atoms with Crippen LogP contribution in [0, 0.1) is 0 Å². The Bertz CT molecular complexity index is 1220. The molecule has 0 aliphatic carbocycles. The molecule has 2 aliphatic heterocycles. The molecule has 0 spiro atoms. The molecule has 38 heavy (non-hydrogen) atoms. The van der Waals surface area contributed by atoms with E-state index in [0.717, 1.165) is 59.1 Å². The van der Waals surface area contributed by atoms with Gasteiger partial charge in [0.05, 0.1) is 28.4 Å². The van der Waals surface area contributed by atoms with Crippen LogP contribution in [0.5, 0.6) is 5.75 Å². The highest BCUT2D eigenvalue weighted by Crippen LogP contribution is 2.35. The molecule has 5 rings (SSSR count). The van der Waals surface area contributed by atoms with Gasteiger partial charge in [0.15, 0.2) is 0 Å². The van der Waals surface area contributed by atoms with E-state index in [2.05, 4.69) is 62.2 Å². The average Bonchev–Trinajstić information content (AvgIpc) is 2.94. The summed E-state index contributed by atoms with van der Waals surface area (Å²) < 4.78 is 13.1. The Morgan fingerprint density at radius 1 is 0.947 bits per heavy atom. The molecule has 3 aromatic rings. The van der Waals surface area contributed by atoms with Crippen molar-refractivity contribution in [2.24, 2.45) is 5.10 Å². The Balaban J connectivity index is 1.30. The highest BCUT2D eigenvalue weighted by atomic mass is 79.9. The molecule has 1 aromatic heterocycles. The number of hydrazone groups is 1. The second-order valence-corrected chi connectivity index (χ2v) is 11.1. The Hall–Kier alpha value is -2.47. The number of piperidine rings is 1. The maximum Gasteiger partial charge on any atom is 0.250 e. The maximum atomic E-state index is 6.26. The molecule has 1 N–H and O–H groups in total. The van der Waals surface area contributed by atoms with Crippen LogP contribution in [-0.4, -0.2) is 60.6 Å². The van der Waals surface area contributed by atoms with E-state index in [-0.39, 0.29) is 0 Å². The molecule has 2 aromatic carbocycles. The number of nitrogens with zero attached hydrogens (tertiary/aromatic N) is 6. The van der Waals surface area contributed by atoms with E-state index in [1.165, 1.54) is 6.42 Å². The number of aromatic nitrogens is 3. The van der Waals surface area contributed by atoms with Gasteiger partial charge < -0.3 is 19.3 Å². The molecule has 0 unspecified atom stereocenters. The van der Waals surface area contributed by atoms with Crippen molar-refractivity contribution in [3.05, 3.63) is 61.5 Å². The van der Waals surface area contributed by atoms with Crippen LogP contribution in [0.15, 0.2) is 50.4 Å². The second kappa shape index (κ2) is 13.1. The molecule has 0 saturated carbocycles. The number of morpholine rings is 1. The van der Waals surface area contributed by atoms with Gasteiger partial charge >= 0.3 is 0 Å². The number of anilines is 3. The summed E-state index contributed by atoms with van der Waals surface area (Å²) in [5.41, 5.74) is 4.78. The second-order valence-electron chi connectivity index (χ2n) is 8.97. The van der Waals surface area contributed by atoms with Crippen LogP contribution in [0.3, 0.4) is 0 Å². The minimum absolute atomic E-state index is 0.357. The molecule has 0 amide bonds. The van der Waals surface area contributed by atoms with E-state index in [9.17, 15) is 0 Å². The molecule has 3 heterocycles. The number of rotatable bonds is 8. The van der Waals surface area contributed by atoms with Crippen molar-refractivity contribution >= 4 is 67.5 Å². The fraction of sp³-hybridized carbons (Fsp3) is 0.385. The lowest BCUT2D eigenvalue weighted by Crippen LogP contribution is -2.38. The third-order valence-corrected chi connectivity index (χ3v) is 7.82. The summed E-state index contributed by atoms with van der Waals surface area (Å²) in [4.78, 5) is 18.4. The van der Waals surface area contributed by atoms with Gasteiger partial charge in [-0.25, -0.2) is 5.43 Å². The first kappa shape index (κ1) is 27.1. The number of hydrogen-bond donors (Lipinski definition) is 1. The maximum absolute atomic E-state index is 6.26. The van der Waals surface area contributed by atoms with E-state index in [1.807, 2.05) is 36.4 Å². The van der Waals surface area contributed by atoms with Crippen molar-refractivity contribution in [1.29, 1.82) is 0 Å². The summed E-state index contributed by atoms with van der Waals surface area (Å²) in [6.07, 6.45) is 5.23. The van der Waals surface area contributed by atoms with Crippen LogP contribution in [0.2, 0.25) is 5.02 Å². The lowest BCUT2D eigenvalue weighted by atomic mass is 10.1.